The van der Waals surface area contributed by atoms with E-state index in [2.05, 4.69) is 44.6 Å². The summed E-state index contributed by atoms with van der Waals surface area (Å²) in [4.78, 5) is 25.7. The minimum atomic E-state index is -0.312. The summed E-state index contributed by atoms with van der Waals surface area (Å²) in [6.45, 7) is 2.07. The van der Waals surface area contributed by atoms with Crippen LogP contribution in [0.25, 0.3) is 16.9 Å². The highest BCUT2D eigenvalue weighted by Gasteiger charge is 2.12. The maximum atomic E-state index is 12.2. The molecule has 0 saturated carbocycles. The molecule has 5 rings (SSSR count). The van der Waals surface area contributed by atoms with Crippen molar-refractivity contribution in [2.75, 3.05) is 10.6 Å². The average molecular weight is 424 g/mol. The predicted molar refractivity (Wildman–Crippen MR) is 122 cm³/mol. The summed E-state index contributed by atoms with van der Waals surface area (Å²) in [5, 5.41) is 6.15. The molecule has 32 heavy (non-hydrogen) atoms. The number of imidazole rings is 1. The van der Waals surface area contributed by atoms with Gasteiger partial charge in [0.2, 0.25) is 5.95 Å². The number of benzene rings is 2. The van der Waals surface area contributed by atoms with Gasteiger partial charge in [-0.2, -0.15) is 4.98 Å². The zero-order valence-corrected chi connectivity index (χ0v) is 17.3. The Bertz CT molecular complexity index is 1360. The highest BCUT2D eigenvalue weighted by molar-refractivity contribution is 6.03. The molecule has 1 atom stereocenters. The molecule has 0 aliphatic carbocycles. The second-order valence-electron chi connectivity index (χ2n) is 7.26. The van der Waals surface area contributed by atoms with Crippen LogP contribution in [0.2, 0.25) is 0 Å². The van der Waals surface area contributed by atoms with Crippen LogP contribution in [0, 0.1) is 0 Å². The number of carbonyl (C=O) groups is 1. The number of nitrogens with one attached hydrogen (secondary N) is 2. The first kappa shape index (κ1) is 19.5. The van der Waals surface area contributed by atoms with Gasteiger partial charge in [0.1, 0.15) is 12.1 Å². The highest BCUT2D eigenvalue weighted by atomic mass is 16.3. The van der Waals surface area contributed by atoms with Gasteiger partial charge in [0.15, 0.2) is 5.76 Å². The van der Waals surface area contributed by atoms with E-state index in [1.807, 2.05) is 47.0 Å². The van der Waals surface area contributed by atoms with Crippen LogP contribution < -0.4 is 10.6 Å². The Morgan fingerprint density at radius 2 is 1.91 bits per heavy atom. The fraction of sp³-hybridized carbons (Fsp3) is 0.0833. The van der Waals surface area contributed by atoms with Crippen LogP contribution in [-0.4, -0.2) is 25.4 Å². The number of fused-ring (bicyclic) bond motifs is 1. The van der Waals surface area contributed by atoms with Crippen molar-refractivity contribution in [3.05, 3.63) is 96.8 Å². The first-order chi connectivity index (χ1) is 15.7. The Kier molecular flexibility index (Phi) is 5.09. The third kappa shape index (κ3) is 3.93. The van der Waals surface area contributed by atoms with Crippen LogP contribution >= 0.6 is 0 Å². The van der Waals surface area contributed by atoms with E-state index in [1.54, 1.807) is 24.7 Å². The van der Waals surface area contributed by atoms with Crippen LogP contribution in [0.5, 0.6) is 0 Å². The largest absolute Gasteiger partial charge is 0.459 e. The second kappa shape index (κ2) is 8.35. The van der Waals surface area contributed by atoms with Crippen LogP contribution in [0.1, 0.15) is 29.1 Å². The molecule has 2 N–H and O–H groups in total. The van der Waals surface area contributed by atoms with E-state index in [0.717, 1.165) is 16.6 Å². The smallest absolute Gasteiger partial charge is 0.291 e. The lowest BCUT2D eigenvalue weighted by Crippen LogP contribution is -2.11. The topological polar surface area (TPSA) is 97.9 Å². The predicted octanol–water partition coefficient (Wildman–Crippen LogP) is 4.83. The van der Waals surface area contributed by atoms with Gasteiger partial charge in [-0.3, -0.25) is 9.36 Å². The molecule has 1 amide bonds. The maximum Gasteiger partial charge on any atom is 0.291 e. The lowest BCUT2D eigenvalue weighted by Gasteiger charge is -2.14. The lowest BCUT2D eigenvalue weighted by atomic mass is 10.1. The van der Waals surface area contributed by atoms with Crippen LogP contribution in [0.15, 0.2) is 89.9 Å². The summed E-state index contributed by atoms with van der Waals surface area (Å²) in [6, 6.07) is 20.8. The molecular weight excluding hydrogens is 404 g/mol. The maximum absolute atomic E-state index is 12.2. The fourth-order valence-electron chi connectivity index (χ4n) is 3.45. The van der Waals surface area contributed by atoms with Crippen LogP contribution in [-0.2, 0) is 0 Å². The number of nitrogens with zero attached hydrogens (tertiary/aromatic N) is 4. The van der Waals surface area contributed by atoms with Gasteiger partial charge in [-0.05, 0) is 48.9 Å². The van der Waals surface area contributed by atoms with Crippen LogP contribution in [0.3, 0.4) is 0 Å². The van der Waals surface area contributed by atoms with Gasteiger partial charge in [0.25, 0.3) is 5.91 Å². The molecule has 0 spiro atoms. The standard InChI is InChI=1S/C24H20N6O2/c1-16(17-6-3-2-4-7-17)27-24-25-12-11-22(29-24)30-15-26-19-14-18(9-10-20(19)30)28-23(31)21-8-5-13-32-21/h2-16H,1H3,(H,28,31)(H,25,27,29)/t16-/m0/s1. The van der Waals surface area contributed by atoms with E-state index in [1.165, 1.54) is 6.26 Å². The average Bonchev–Trinajstić information content (AvgIpc) is 3.50. The van der Waals surface area contributed by atoms with E-state index < -0.39 is 0 Å². The zero-order valence-electron chi connectivity index (χ0n) is 17.3. The molecule has 0 unspecified atom stereocenters. The highest BCUT2D eigenvalue weighted by Crippen LogP contribution is 2.22. The molecule has 3 heterocycles. The quantitative estimate of drug-likeness (QED) is 0.405. The number of aromatic nitrogens is 4. The minimum Gasteiger partial charge on any atom is -0.459 e. The molecular formula is C24H20N6O2. The molecule has 0 fully saturated rings. The third-order valence-electron chi connectivity index (χ3n) is 5.08. The first-order valence-electron chi connectivity index (χ1n) is 10.1. The fourth-order valence-corrected chi connectivity index (χ4v) is 3.45. The van der Waals surface area contributed by atoms with Gasteiger partial charge in [0.05, 0.1) is 23.3 Å². The Morgan fingerprint density at radius 3 is 2.72 bits per heavy atom. The number of anilines is 2. The molecule has 158 valence electrons. The van der Waals surface area contributed by atoms with E-state index in [-0.39, 0.29) is 17.7 Å². The molecule has 8 nitrogen and oxygen atoms in total. The van der Waals surface area contributed by atoms with Crippen molar-refractivity contribution in [2.24, 2.45) is 0 Å². The molecule has 0 radical (unpaired) electrons. The number of carbonyl (C=O) groups excluding carboxylic acids is 1. The molecule has 0 aliphatic rings. The molecule has 2 aromatic carbocycles. The molecule has 0 aliphatic heterocycles. The Balaban J connectivity index is 1.38. The van der Waals surface area contributed by atoms with Crippen molar-refractivity contribution in [2.45, 2.75) is 13.0 Å². The van der Waals surface area contributed by atoms with Gasteiger partial charge in [-0.25, -0.2) is 9.97 Å². The lowest BCUT2D eigenvalue weighted by molar-refractivity contribution is 0.0996. The van der Waals surface area contributed by atoms with Crippen molar-refractivity contribution in [3.8, 4) is 5.82 Å². The molecule has 3 aromatic heterocycles. The number of hydrogen-bond donors (Lipinski definition) is 2. The van der Waals surface area contributed by atoms with Crippen molar-refractivity contribution in [1.29, 1.82) is 0 Å². The monoisotopic (exact) mass is 424 g/mol. The first-order valence-corrected chi connectivity index (χ1v) is 10.1. The van der Waals surface area contributed by atoms with E-state index in [4.69, 9.17) is 4.42 Å². The van der Waals surface area contributed by atoms with Gasteiger partial charge in [-0.15, -0.1) is 0 Å². The molecule has 0 bridgehead atoms. The molecule has 0 saturated heterocycles. The van der Waals surface area contributed by atoms with E-state index >= 15 is 0 Å². The SMILES string of the molecule is C[C@H](Nc1nccc(-n2cnc3cc(NC(=O)c4ccco4)ccc32)n1)c1ccccc1. The molecule has 8 heteroatoms. The summed E-state index contributed by atoms with van der Waals surface area (Å²) in [5.41, 5.74) is 3.37. The summed E-state index contributed by atoms with van der Waals surface area (Å²) in [5.74, 6) is 1.16. The summed E-state index contributed by atoms with van der Waals surface area (Å²) >= 11 is 0. The molecule has 5 aromatic rings. The second-order valence-corrected chi connectivity index (χ2v) is 7.26. The number of hydrogen-bond acceptors (Lipinski definition) is 6. The van der Waals surface area contributed by atoms with Crippen molar-refractivity contribution >= 4 is 28.6 Å². The summed E-state index contributed by atoms with van der Waals surface area (Å²) < 4.78 is 7.01. The zero-order chi connectivity index (χ0) is 21.9. The van der Waals surface area contributed by atoms with Crippen molar-refractivity contribution in [1.82, 2.24) is 19.5 Å². The van der Waals surface area contributed by atoms with Crippen molar-refractivity contribution in [3.63, 3.8) is 0 Å². The summed E-state index contributed by atoms with van der Waals surface area (Å²) in [7, 11) is 0. The van der Waals surface area contributed by atoms with Crippen LogP contribution in [0.4, 0.5) is 11.6 Å². The van der Waals surface area contributed by atoms with Gasteiger partial charge >= 0.3 is 0 Å². The van der Waals surface area contributed by atoms with Gasteiger partial charge in [0, 0.05) is 11.9 Å². The van der Waals surface area contributed by atoms with Crippen molar-refractivity contribution < 1.29 is 9.21 Å². The number of amides is 1. The third-order valence-corrected chi connectivity index (χ3v) is 5.08. The van der Waals surface area contributed by atoms with E-state index in [9.17, 15) is 4.79 Å². The Morgan fingerprint density at radius 1 is 1.03 bits per heavy atom. The minimum absolute atomic E-state index is 0.0614. The van der Waals surface area contributed by atoms with E-state index in [0.29, 0.717) is 17.5 Å². The number of rotatable bonds is 6. The normalized spacial score (nSPS) is 11.9. The number of furan rings is 1. The summed E-state index contributed by atoms with van der Waals surface area (Å²) in [6.07, 6.45) is 4.88. The Hall–Kier alpha value is -4.46. The van der Waals surface area contributed by atoms with Gasteiger partial charge < -0.3 is 15.1 Å². The Labute approximate surface area is 184 Å². The van der Waals surface area contributed by atoms with Gasteiger partial charge in [-0.1, -0.05) is 30.3 Å².